The van der Waals surface area contributed by atoms with Crippen molar-refractivity contribution in [3.05, 3.63) is 60.3 Å². The molecule has 0 radical (unpaired) electrons. The molecule has 6 N–H and O–H groups in total. The van der Waals surface area contributed by atoms with Gasteiger partial charge in [-0.25, -0.2) is 0 Å². The number of benzene rings is 2. The summed E-state index contributed by atoms with van der Waals surface area (Å²) in [5.41, 5.74) is 10.1. The fourth-order valence-corrected chi connectivity index (χ4v) is 3.10. The molecule has 31 heavy (non-hydrogen) atoms. The number of para-hydroxylation sites is 2. The molecule has 0 spiro atoms. The van der Waals surface area contributed by atoms with Crippen LogP contribution in [0.25, 0.3) is 11.3 Å². The molecule has 1 heterocycles. The average molecular weight is 421 g/mol. The average Bonchev–Trinajstić information content (AvgIpc) is 3.28. The van der Waals surface area contributed by atoms with Crippen molar-refractivity contribution in [3.8, 4) is 11.3 Å². The quantitative estimate of drug-likeness (QED) is 0.253. The maximum absolute atomic E-state index is 12.3. The van der Waals surface area contributed by atoms with Gasteiger partial charge in [-0.2, -0.15) is 5.10 Å². The van der Waals surface area contributed by atoms with Crippen LogP contribution in [0.2, 0.25) is 0 Å². The Morgan fingerprint density at radius 1 is 1.03 bits per heavy atom. The molecule has 3 rings (SSSR count). The number of H-pyrrole nitrogens is 1. The summed E-state index contributed by atoms with van der Waals surface area (Å²) < 4.78 is 0. The predicted octanol–water partition coefficient (Wildman–Crippen LogP) is 3.63. The normalized spacial score (nSPS) is 10.5. The van der Waals surface area contributed by atoms with Crippen molar-refractivity contribution in [2.45, 2.75) is 25.7 Å². The van der Waals surface area contributed by atoms with Crippen LogP contribution in [-0.4, -0.2) is 35.6 Å². The lowest BCUT2D eigenvalue weighted by molar-refractivity contribution is -0.116. The number of aromatic nitrogens is 2. The standard InChI is InChI=1S/C23H28N6O2/c1-25-17-12-10-16(11-13-17)20-15-21(29-28-20)23(31)26-14-6-2-3-9-22(30)27-19-8-5-4-7-18(19)24/h4-5,7-8,10-13,15,25H,2-3,6,9,14,24H2,1H3,(H,26,31)(H,27,30)(H,28,29). The summed E-state index contributed by atoms with van der Waals surface area (Å²) in [6.45, 7) is 0.539. The molecule has 0 aliphatic rings. The Balaban J connectivity index is 1.34. The summed E-state index contributed by atoms with van der Waals surface area (Å²) in [4.78, 5) is 24.3. The van der Waals surface area contributed by atoms with Gasteiger partial charge in [0.15, 0.2) is 0 Å². The van der Waals surface area contributed by atoms with Gasteiger partial charge in [0.05, 0.1) is 17.1 Å². The van der Waals surface area contributed by atoms with E-state index in [1.807, 2.05) is 43.4 Å². The van der Waals surface area contributed by atoms with Gasteiger partial charge >= 0.3 is 0 Å². The van der Waals surface area contributed by atoms with Crippen LogP contribution < -0.4 is 21.7 Å². The van der Waals surface area contributed by atoms with Crippen molar-refractivity contribution in [1.82, 2.24) is 15.5 Å². The zero-order valence-corrected chi connectivity index (χ0v) is 17.6. The van der Waals surface area contributed by atoms with E-state index >= 15 is 0 Å². The number of rotatable bonds is 10. The molecule has 0 saturated carbocycles. The van der Waals surface area contributed by atoms with Crippen molar-refractivity contribution in [1.29, 1.82) is 0 Å². The predicted molar refractivity (Wildman–Crippen MR) is 124 cm³/mol. The van der Waals surface area contributed by atoms with Gasteiger partial charge in [-0.05, 0) is 43.2 Å². The van der Waals surface area contributed by atoms with Gasteiger partial charge in [-0.15, -0.1) is 0 Å². The van der Waals surface area contributed by atoms with E-state index in [0.29, 0.717) is 30.0 Å². The Hall–Kier alpha value is -3.81. The SMILES string of the molecule is CNc1ccc(-c2cc(C(=O)NCCCCCC(=O)Nc3ccccc3N)[nH]n2)cc1. The number of nitrogens with zero attached hydrogens (tertiary/aromatic N) is 1. The molecule has 3 aromatic rings. The number of anilines is 3. The molecule has 8 heteroatoms. The number of hydrogen-bond acceptors (Lipinski definition) is 5. The van der Waals surface area contributed by atoms with E-state index in [0.717, 1.165) is 36.2 Å². The van der Waals surface area contributed by atoms with E-state index in [-0.39, 0.29) is 11.8 Å². The summed E-state index contributed by atoms with van der Waals surface area (Å²) in [5, 5.41) is 15.8. The van der Waals surface area contributed by atoms with Crippen LogP contribution in [0, 0.1) is 0 Å². The van der Waals surface area contributed by atoms with Gasteiger partial charge in [0.25, 0.3) is 5.91 Å². The van der Waals surface area contributed by atoms with Crippen LogP contribution in [0.15, 0.2) is 54.6 Å². The number of unbranched alkanes of at least 4 members (excludes halogenated alkanes) is 2. The Bertz CT molecular complexity index is 1010. The summed E-state index contributed by atoms with van der Waals surface area (Å²) in [5.74, 6) is -0.252. The van der Waals surface area contributed by atoms with Crippen molar-refractivity contribution in [3.63, 3.8) is 0 Å². The molecule has 0 aliphatic heterocycles. The van der Waals surface area contributed by atoms with E-state index in [1.54, 1.807) is 18.2 Å². The monoisotopic (exact) mass is 420 g/mol. The molecule has 0 atom stereocenters. The van der Waals surface area contributed by atoms with E-state index in [1.165, 1.54) is 0 Å². The van der Waals surface area contributed by atoms with E-state index in [2.05, 4.69) is 26.1 Å². The molecule has 0 unspecified atom stereocenters. The minimum absolute atomic E-state index is 0.0605. The Labute approximate surface area is 181 Å². The largest absolute Gasteiger partial charge is 0.397 e. The third-order valence-corrected chi connectivity index (χ3v) is 4.89. The zero-order valence-electron chi connectivity index (χ0n) is 17.6. The van der Waals surface area contributed by atoms with Crippen molar-refractivity contribution >= 4 is 28.9 Å². The number of carbonyl (C=O) groups is 2. The molecule has 0 aliphatic carbocycles. The fraction of sp³-hybridized carbons (Fsp3) is 0.261. The number of nitrogen functional groups attached to an aromatic ring is 1. The first kappa shape index (κ1) is 21.9. The third kappa shape index (κ3) is 6.33. The van der Waals surface area contributed by atoms with Crippen LogP contribution >= 0.6 is 0 Å². The fourth-order valence-electron chi connectivity index (χ4n) is 3.10. The molecule has 2 aromatic carbocycles. The Morgan fingerprint density at radius 2 is 1.81 bits per heavy atom. The van der Waals surface area contributed by atoms with E-state index < -0.39 is 0 Å². The molecule has 0 fully saturated rings. The minimum Gasteiger partial charge on any atom is -0.397 e. The maximum atomic E-state index is 12.3. The minimum atomic E-state index is -0.192. The Morgan fingerprint density at radius 3 is 2.55 bits per heavy atom. The van der Waals surface area contributed by atoms with Gasteiger partial charge < -0.3 is 21.7 Å². The van der Waals surface area contributed by atoms with Crippen molar-refractivity contribution < 1.29 is 9.59 Å². The molecule has 0 saturated heterocycles. The first-order valence-corrected chi connectivity index (χ1v) is 10.3. The highest BCUT2D eigenvalue weighted by Gasteiger charge is 2.11. The number of nitrogens with one attached hydrogen (secondary N) is 4. The van der Waals surface area contributed by atoms with E-state index in [4.69, 9.17) is 5.73 Å². The maximum Gasteiger partial charge on any atom is 0.269 e. The smallest absolute Gasteiger partial charge is 0.269 e. The second kappa shape index (κ2) is 10.8. The third-order valence-electron chi connectivity index (χ3n) is 4.89. The first-order chi connectivity index (χ1) is 15.1. The summed E-state index contributed by atoms with van der Waals surface area (Å²) in [7, 11) is 1.86. The molecule has 2 amide bonds. The van der Waals surface area contributed by atoms with E-state index in [9.17, 15) is 9.59 Å². The lowest BCUT2D eigenvalue weighted by Gasteiger charge is -2.08. The highest BCUT2D eigenvalue weighted by Crippen LogP contribution is 2.20. The number of carbonyl (C=O) groups excluding carboxylic acids is 2. The van der Waals surface area contributed by atoms with Gasteiger partial charge in [0, 0.05) is 31.3 Å². The number of hydrogen-bond donors (Lipinski definition) is 5. The van der Waals surface area contributed by atoms with Gasteiger partial charge in [0.2, 0.25) is 5.91 Å². The van der Waals surface area contributed by atoms with Crippen LogP contribution in [0.3, 0.4) is 0 Å². The zero-order chi connectivity index (χ0) is 22.1. The molecular formula is C23H28N6O2. The lowest BCUT2D eigenvalue weighted by Crippen LogP contribution is -2.24. The highest BCUT2D eigenvalue weighted by atomic mass is 16.2. The van der Waals surface area contributed by atoms with Crippen molar-refractivity contribution in [2.75, 3.05) is 30.0 Å². The van der Waals surface area contributed by atoms with Gasteiger partial charge in [-0.1, -0.05) is 30.7 Å². The first-order valence-electron chi connectivity index (χ1n) is 10.3. The topological polar surface area (TPSA) is 125 Å². The number of amides is 2. The van der Waals surface area contributed by atoms with Crippen molar-refractivity contribution in [2.24, 2.45) is 0 Å². The second-order valence-corrected chi connectivity index (χ2v) is 7.20. The van der Waals surface area contributed by atoms with Crippen LogP contribution in [0.1, 0.15) is 36.2 Å². The molecule has 1 aromatic heterocycles. The van der Waals surface area contributed by atoms with Crippen LogP contribution in [0.5, 0.6) is 0 Å². The number of aromatic amines is 1. The summed E-state index contributed by atoms with van der Waals surface area (Å²) in [6.07, 6.45) is 2.78. The summed E-state index contributed by atoms with van der Waals surface area (Å²) in [6, 6.07) is 16.7. The van der Waals surface area contributed by atoms with Gasteiger partial charge in [0.1, 0.15) is 5.69 Å². The second-order valence-electron chi connectivity index (χ2n) is 7.20. The molecule has 0 bridgehead atoms. The summed E-state index contributed by atoms with van der Waals surface area (Å²) >= 11 is 0. The highest BCUT2D eigenvalue weighted by molar-refractivity contribution is 5.94. The lowest BCUT2D eigenvalue weighted by atomic mass is 10.1. The van der Waals surface area contributed by atoms with Crippen LogP contribution in [0.4, 0.5) is 17.1 Å². The molecular weight excluding hydrogens is 392 g/mol. The van der Waals surface area contributed by atoms with Gasteiger partial charge in [-0.3, -0.25) is 14.7 Å². The Kier molecular flexibility index (Phi) is 7.64. The van der Waals surface area contributed by atoms with Crippen LogP contribution in [-0.2, 0) is 4.79 Å². The number of nitrogens with two attached hydrogens (primary N) is 1. The molecule has 8 nitrogen and oxygen atoms in total. The molecule has 162 valence electrons.